The van der Waals surface area contributed by atoms with Crippen molar-refractivity contribution < 1.29 is 23.1 Å². The van der Waals surface area contributed by atoms with Gasteiger partial charge < -0.3 is 30.1 Å². The summed E-state index contributed by atoms with van der Waals surface area (Å²) in [6, 6.07) is 14.7. The van der Waals surface area contributed by atoms with Gasteiger partial charge in [-0.05, 0) is 63.7 Å². The van der Waals surface area contributed by atoms with E-state index in [0.29, 0.717) is 36.4 Å². The molecule has 0 radical (unpaired) electrons. The zero-order chi connectivity index (χ0) is 30.3. The van der Waals surface area contributed by atoms with E-state index in [1.54, 1.807) is 18.2 Å². The number of aryl methyl sites for hydroxylation is 1. The third-order valence-electron chi connectivity index (χ3n) is 6.93. The molecular weight excluding hydrogens is 544 g/mol. The molecule has 12 heteroatoms. The highest BCUT2D eigenvalue weighted by Crippen LogP contribution is 2.36. The summed E-state index contributed by atoms with van der Waals surface area (Å²) in [4.78, 5) is 38.4. The molecule has 0 spiro atoms. The van der Waals surface area contributed by atoms with E-state index in [1.807, 2.05) is 49.3 Å². The molecular formula is C30H37F2N7O3. The number of alkyl halides is 2. The quantitative estimate of drug-likeness (QED) is 0.310. The van der Waals surface area contributed by atoms with E-state index in [9.17, 15) is 18.4 Å². The van der Waals surface area contributed by atoms with Crippen LogP contribution in [0.2, 0.25) is 0 Å². The predicted molar refractivity (Wildman–Crippen MR) is 159 cm³/mol. The predicted octanol–water partition coefficient (Wildman–Crippen LogP) is 3.96. The molecule has 0 fully saturated rings. The van der Waals surface area contributed by atoms with Crippen LogP contribution in [0.3, 0.4) is 0 Å². The van der Waals surface area contributed by atoms with Crippen molar-refractivity contribution in [2.45, 2.75) is 25.2 Å². The fraction of sp³-hybridized carbons (Fsp3) is 0.400. The molecule has 1 aliphatic heterocycles. The lowest BCUT2D eigenvalue weighted by atomic mass is 10.1. The Morgan fingerprint density at radius 1 is 1.14 bits per heavy atom. The van der Waals surface area contributed by atoms with Gasteiger partial charge in [0, 0.05) is 25.7 Å². The van der Waals surface area contributed by atoms with Crippen molar-refractivity contribution in [1.82, 2.24) is 20.2 Å². The van der Waals surface area contributed by atoms with Crippen LogP contribution in [0, 0.1) is 0 Å². The van der Waals surface area contributed by atoms with Crippen LogP contribution in [0.4, 0.5) is 31.9 Å². The molecule has 224 valence electrons. The van der Waals surface area contributed by atoms with E-state index in [0.717, 1.165) is 23.4 Å². The molecule has 2 amide bonds. The summed E-state index contributed by atoms with van der Waals surface area (Å²) in [5.41, 5.74) is 2.20. The molecule has 0 aliphatic carbocycles. The number of benzene rings is 2. The van der Waals surface area contributed by atoms with Crippen LogP contribution in [0.15, 0.2) is 54.7 Å². The Morgan fingerprint density at radius 3 is 2.62 bits per heavy atom. The molecule has 0 atom stereocenters. The number of anilines is 4. The summed E-state index contributed by atoms with van der Waals surface area (Å²) in [7, 11) is 6.73. The summed E-state index contributed by atoms with van der Waals surface area (Å²) in [5, 5.41) is 5.97. The summed E-state index contributed by atoms with van der Waals surface area (Å²) in [6.45, 7) is 0.867. The smallest absolute Gasteiger partial charge is 0.342 e. The normalized spacial score (nSPS) is 14.4. The lowest BCUT2D eigenvalue weighted by Gasteiger charge is -2.25. The Labute approximate surface area is 244 Å². The fourth-order valence-corrected chi connectivity index (χ4v) is 4.69. The first-order valence-corrected chi connectivity index (χ1v) is 13.8. The number of methoxy groups -OCH3 is 1. The van der Waals surface area contributed by atoms with Gasteiger partial charge in [-0.1, -0.05) is 30.3 Å². The number of nitrogens with zero attached hydrogens (tertiary/aromatic N) is 5. The van der Waals surface area contributed by atoms with Crippen LogP contribution in [-0.2, 0) is 11.2 Å². The Bertz CT molecular complexity index is 1390. The minimum atomic E-state index is -3.60. The van der Waals surface area contributed by atoms with E-state index < -0.39 is 18.4 Å². The third-order valence-corrected chi connectivity index (χ3v) is 6.93. The maximum absolute atomic E-state index is 14.9. The van der Waals surface area contributed by atoms with Gasteiger partial charge in [0.1, 0.15) is 11.4 Å². The maximum Gasteiger partial charge on any atom is 0.342 e. The van der Waals surface area contributed by atoms with E-state index >= 15 is 0 Å². The summed E-state index contributed by atoms with van der Waals surface area (Å²) < 4.78 is 35.3. The van der Waals surface area contributed by atoms with E-state index in [4.69, 9.17) is 4.74 Å². The van der Waals surface area contributed by atoms with Gasteiger partial charge in [0.25, 0.3) is 11.8 Å². The van der Waals surface area contributed by atoms with Crippen LogP contribution in [0.5, 0.6) is 5.75 Å². The first-order valence-electron chi connectivity index (χ1n) is 13.8. The number of carbonyl (C=O) groups excluding carboxylic acids is 2. The summed E-state index contributed by atoms with van der Waals surface area (Å²) >= 11 is 0. The van der Waals surface area contributed by atoms with Crippen LogP contribution < -0.4 is 25.2 Å². The number of fused-ring (bicyclic) bond motifs is 1. The molecule has 0 bridgehead atoms. The van der Waals surface area contributed by atoms with E-state index in [2.05, 4.69) is 20.6 Å². The average Bonchev–Trinajstić information content (AvgIpc) is 3.04. The maximum atomic E-state index is 14.9. The Balaban J connectivity index is 1.54. The topological polar surface area (TPSA) is 103 Å². The molecule has 1 aromatic heterocycles. The van der Waals surface area contributed by atoms with Crippen molar-refractivity contribution in [2.24, 2.45) is 0 Å². The Kier molecular flexibility index (Phi) is 9.89. The lowest BCUT2D eigenvalue weighted by molar-refractivity contribution is -0.140. The summed E-state index contributed by atoms with van der Waals surface area (Å²) in [6.07, 6.45) is 3.44. The minimum absolute atomic E-state index is 0.132. The van der Waals surface area contributed by atoms with Gasteiger partial charge in [-0.15, -0.1) is 0 Å². The molecule has 4 rings (SSSR count). The molecule has 0 saturated heterocycles. The van der Waals surface area contributed by atoms with Crippen molar-refractivity contribution in [3.8, 4) is 5.75 Å². The number of aromatic nitrogens is 2. The van der Waals surface area contributed by atoms with Gasteiger partial charge in [-0.3, -0.25) is 9.59 Å². The van der Waals surface area contributed by atoms with Gasteiger partial charge in [-0.2, -0.15) is 13.8 Å². The van der Waals surface area contributed by atoms with Crippen molar-refractivity contribution in [3.63, 3.8) is 0 Å². The minimum Gasteiger partial charge on any atom is -0.495 e. The van der Waals surface area contributed by atoms with Gasteiger partial charge in [-0.25, -0.2) is 4.98 Å². The molecule has 2 heterocycles. The summed E-state index contributed by atoms with van der Waals surface area (Å²) in [5.74, 6) is -4.39. The molecule has 1 aliphatic rings. The van der Waals surface area contributed by atoms with E-state index in [-0.39, 0.29) is 29.9 Å². The van der Waals surface area contributed by atoms with Gasteiger partial charge >= 0.3 is 5.92 Å². The first kappa shape index (κ1) is 30.6. The highest BCUT2D eigenvalue weighted by Gasteiger charge is 2.47. The average molecular weight is 582 g/mol. The Morgan fingerprint density at radius 2 is 1.90 bits per heavy atom. The molecule has 42 heavy (non-hydrogen) atoms. The second kappa shape index (κ2) is 13.6. The number of ether oxygens (including phenoxy) is 1. The highest BCUT2D eigenvalue weighted by molar-refractivity contribution is 6.02. The van der Waals surface area contributed by atoms with Crippen molar-refractivity contribution in [1.29, 1.82) is 0 Å². The SMILES string of the molecule is COc1cc(C(=O)NCCCN(C)C)ccc1Nc1ncc2c(n1)N(CCCc1ccccc1)CC(F)(F)C(=O)N2C. The monoisotopic (exact) mass is 581 g/mol. The molecule has 0 unspecified atom stereocenters. The van der Waals surface area contributed by atoms with Crippen molar-refractivity contribution in [2.75, 3.05) is 69.5 Å². The van der Waals surface area contributed by atoms with Crippen LogP contribution in [0.1, 0.15) is 28.8 Å². The number of amides is 2. The van der Waals surface area contributed by atoms with Crippen molar-refractivity contribution in [3.05, 3.63) is 65.9 Å². The molecule has 10 nitrogen and oxygen atoms in total. The van der Waals surface area contributed by atoms with Crippen LogP contribution >= 0.6 is 0 Å². The van der Waals surface area contributed by atoms with Gasteiger partial charge in [0.2, 0.25) is 5.95 Å². The third kappa shape index (κ3) is 7.49. The number of halogens is 2. The van der Waals surface area contributed by atoms with Crippen LogP contribution in [-0.4, -0.2) is 87.0 Å². The largest absolute Gasteiger partial charge is 0.495 e. The van der Waals surface area contributed by atoms with Gasteiger partial charge in [0.05, 0.1) is 25.5 Å². The molecule has 3 aromatic rings. The first-order chi connectivity index (χ1) is 20.1. The fourth-order valence-electron chi connectivity index (χ4n) is 4.69. The van der Waals surface area contributed by atoms with Gasteiger partial charge in [0.15, 0.2) is 5.82 Å². The number of hydrogen-bond acceptors (Lipinski definition) is 8. The Hall–Kier alpha value is -4.32. The second-order valence-corrected chi connectivity index (χ2v) is 10.4. The second-order valence-electron chi connectivity index (χ2n) is 10.4. The standard InChI is InChI=1S/C30H37F2N7O3/c1-37(2)16-9-15-33-27(40)22-13-14-23(25(18-22)42-4)35-29-34-19-24-26(36-29)39(20-30(31,32)28(41)38(24)3)17-8-12-21-10-6-5-7-11-21/h5-7,10-11,13-14,18-19H,8-9,12,15-17,20H2,1-4H3,(H,33,40)(H,34,35,36). The number of hydrogen-bond donors (Lipinski definition) is 2. The van der Waals surface area contributed by atoms with E-state index in [1.165, 1.54) is 25.3 Å². The highest BCUT2D eigenvalue weighted by atomic mass is 19.3. The number of rotatable bonds is 12. The molecule has 0 saturated carbocycles. The number of nitrogens with one attached hydrogen (secondary N) is 2. The molecule has 2 N–H and O–H groups in total. The number of carbonyl (C=O) groups is 2. The zero-order valence-electron chi connectivity index (χ0n) is 24.4. The van der Waals surface area contributed by atoms with Crippen molar-refractivity contribution >= 4 is 35.0 Å². The zero-order valence-corrected chi connectivity index (χ0v) is 24.4. The molecule has 2 aromatic carbocycles. The lowest BCUT2D eigenvalue weighted by Crippen LogP contribution is -2.46. The van der Waals surface area contributed by atoms with Crippen LogP contribution in [0.25, 0.3) is 0 Å².